The van der Waals surface area contributed by atoms with Crippen molar-refractivity contribution in [2.75, 3.05) is 0 Å². The predicted octanol–water partition coefficient (Wildman–Crippen LogP) is 1.83. The number of phenolic OH excluding ortho intramolecular Hbond substituents is 1. The van der Waals surface area contributed by atoms with Gasteiger partial charge in [0.15, 0.2) is 22.8 Å². The highest BCUT2D eigenvalue weighted by Crippen LogP contribution is 2.55. The van der Waals surface area contributed by atoms with Gasteiger partial charge in [-0.3, -0.25) is 19.2 Å². The molecule has 0 saturated heterocycles. The van der Waals surface area contributed by atoms with Crippen molar-refractivity contribution in [3.63, 3.8) is 0 Å². The minimum atomic E-state index is -2.06. The van der Waals surface area contributed by atoms with Crippen LogP contribution in [0.3, 0.4) is 0 Å². The number of fused-ring (bicyclic) bond motifs is 3. The number of aliphatic hydroxyl groups excluding tert-OH is 2. The maximum Gasteiger partial charge on any atom is 0.404 e. The first-order chi connectivity index (χ1) is 16.8. The van der Waals surface area contributed by atoms with Gasteiger partial charge < -0.3 is 29.5 Å². The second kappa shape index (κ2) is 8.31. The fourth-order valence-corrected chi connectivity index (χ4v) is 5.05. The zero-order valence-corrected chi connectivity index (χ0v) is 19.6. The number of hydrogen-bond donors (Lipinski definition) is 3. The molecule has 12 nitrogen and oxygen atoms in total. The van der Waals surface area contributed by atoms with Gasteiger partial charge in [-0.1, -0.05) is 12.1 Å². The van der Waals surface area contributed by atoms with Crippen LogP contribution >= 0.6 is 0 Å². The Kier molecular flexibility index (Phi) is 5.69. The highest BCUT2D eigenvalue weighted by Gasteiger charge is 2.65. The molecule has 0 fully saturated rings. The smallest absolute Gasteiger partial charge is 0.404 e. The first-order valence-corrected chi connectivity index (χ1v) is 10.7. The molecule has 3 aliphatic carbocycles. The van der Waals surface area contributed by atoms with Crippen LogP contribution in [0.1, 0.15) is 43.6 Å². The summed E-state index contributed by atoms with van der Waals surface area (Å²) >= 11 is 0. The molecule has 1 aromatic carbocycles. The molecule has 0 heterocycles. The van der Waals surface area contributed by atoms with Crippen LogP contribution in [-0.4, -0.2) is 62.9 Å². The normalized spacial score (nSPS) is 26.6. The minimum Gasteiger partial charge on any atom is -0.507 e. The summed E-state index contributed by atoms with van der Waals surface area (Å²) in [5, 5.41) is 42.9. The highest BCUT2D eigenvalue weighted by atomic mass is 16.6. The van der Waals surface area contributed by atoms with Gasteiger partial charge in [-0.25, -0.2) is 0 Å². The number of ether oxygens (including phenoxy) is 3. The number of carbonyl (C=O) groups excluding carboxylic acids is 4. The maximum atomic E-state index is 13.5. The van der Waals surface area contributed by atoms with E-state index < -0.39 is 70.4 Å². The number of ketones is 1. The monoisotopic (exact) mass is 497 g/mol. The van der Waals surface area contributed by atoms with Crippen LogP contribution in [-0.2, 0) is 28.6 Å². The third kappa shape index (κ3) is 3.36. The number of esters is 3. The number of hydrogen-bond acceptors (Lipinski definition) is 11. The lowest BCUT2D eigenvalue weighted by atomic mass is 9.73. The van der Waals surface area contributed by atoms with Gasteiger partial charge >= 0.3 is 23.6 Å². The number of diazo groups is 1. The van der Waals surface area contributed by atoms with E-state index in [0.29, 0.717) is 0 Å². The molecule has 12 heteroatoms. The third-order valence-electron chi connectivity index (χ3n) is 6.26. The second-order valence-corrected chi connectivity index (χ2v) is 8.65. The average Bonchev–Trinajstić information content (AvgIpc) is 3.12. The molecule has 186 valence electrons. The Morgan fingerprint density at radius 3 is 2.19 bits per heavy atom. The third-order valence-corrected chi connectivity index (χ3v) is 6.26. The molecule has 0 spiro atoms. The molecular weight excluding hydrogens is 476 g/mol. The molecule has 3 N–H and O–H groups in total. The number of aliphatic hydroxyl groups is 2. The Bertz CT molecular complexity index is 1400. The summed E-state index contributed by atoms with van der Waals surface area (Å²) in [7, 11) is 0. The summed E-state index contributed by atoms with van der Waals surface area (Å²) in [6.45, 7) is 4.36. The molecular formula is C24H21N2O10+. The Labute approximate surface area is 203 Å². The fourth-order valence-electron chi connectivity index (χ4n) is 5.05. The highest BCUT2D eigenvalue weighted by molar-refractivity contribution is 6.22. The lowest BCUT2D eigenvalue weighted by Crippen LogP contribution is -2.63. The zero-order valence-electron chi connectivity index (χ0n) is 19.6. The van der Waals surface area contributed by atoms with Crippen molar-refractivity contribution in [1.82, 2.24) is 0 Å². The summed E-state index contributed by atoms with van der Waals surface area (Å²) < 4.78 is 16.2. The van der Waals surface area contributed by atoms with Crippen LogP contribution in [0.25, 0.3) is 10.7 Å². The van der Waals surface area contributed by atoms with Gasteiger partial charge in [-0.2, -0.15) is 0 Å². The SMILES string of the molecule is CC(=O)O[C@@H]1C2=C(C3=C(O)c4cccc(O)c4C(=O)C3=C2[N+]#N)[C@H](O)[C@@H](OC(C)=O)[C@]1(C)OC(C)=O. The van der Waals surface area contributed by atoms with Crippen LogP contribution in [0.15, 0.2) is 46.2 Å². The van der Waals surface area contributed by atoms with Gasteiger partial charge in [0.25, 0.3) is 0 Å². The van der Waals surface area contributed by atoms with Crippen LogP contribution < -0.4 is 0 Å². The van der Waals surface area contributed by atoms with E-state index >= 15 is 0 Å². The van der Waals surface area contributed by atoms with E-state index in [0.717, 1.165) is 20.8 Å². The fraction of sp³-hybridized carbons (Fsp3) is 0.333. The predicted molar refractivity (Wildman–Crippen MR) is 118 cm³/mol. The molecule has 0 aromatic heterocycles. The van der Waals surface area contributed by atoms with Crippen LogP contribution in [0.5, 0.6) is 5.75 Å². The van der Waals surface area contributed by atoms with E-state index in [1.165, 1.54) is 25.1 Å². The first kappa shape index (κ1) is 24.6. The lowest BCUT2D eigenvalue weighted by molar-refractivity contribution is -0.217. The van der Waals surface area contributed by atoms with Crippen LogP contribution in [0.2, 0.25) is 0 Å². The molecule has 0 amide bonds. The van der Waals surface area contributed by atoms with Crippen molar-refractivity contribution < 1.29 is 48.7 Å². The number of aromatic hydroxyl groups is 1. The van der Waals surface area contributed by atoms with E-state index in [1.807, 2.05) is 0 Å². The average molecular weight is 497 g/mol. The van der Waals surface area contributed by atoms with Gasteiger partial charge in [-0.05, 0) is 13.0 Å². The summed E-state index contributed by atoms with van der Waals surface area (Å²) in [6.07, 6.45) is -5.18. The molecule has 36 heavy (non-hydrogen) atoms. The summed E-state index contributed by atoms with van der Waals surface area (Å²) in [5.74, 6) is -4.52. The summed E-state index contributed by atoms with van der Waals surface area (Å²) in [6, 6.07) is 3.96. The number of Topliss-reactive ketones (excluding diaryl/α,β-unsaturated/α-hetero) is 1. The van der Waals surface area contributed by atoms with E-state index in [4.69, 9.17) is 14.2 Å². The molecule has 4 rings (SSSR count). The van der Waals surface area contributed by atoms with Crippen molar-refractivity contribution in [3.8, 4) is 5.75 Å². The van der Waals surface area contributed by atoms with Crippen molar-refractivity contribution >= 4 is 29.5 Å². The van der Waals surface area contributed by atoms with Crippen LogP contribution in [0.4, 0.5) is 0 Å². The standard InChI is InChI=1S/C24H20N2O10/c1-8(27)34-22-17-15(21(33)23(35-9(2)28)24(22,4)36-10(3)29)14-16(18(17)26-25)20(32)13-11(19(14)31)6-5-7-12(13)30/h5-7,21-23,33H,1-4H3,(H-,30,31,32)/p+1/t21-,22+,23+,24+/m0/s1. The molecule has 0 aliphatic heterocycles. The van der Waals surface area contributed by atoms with Gasteiger partial charge in [-0.15, -0.1) is 0 Å². The van der Waals surface area contributed by atoms with Crippen molar-refractivity contribution in [1.29, 1.82) is 5.39 Å². The molecule has 3 aliphatic rings. The van der Waals surface area contributed by atoms with Gasteiger partial charge in [0, 0.05) is 37.5 Å². The number of carbonyl (C=O) groups is 4. The Hall–Kier alpha value is -4.50. The topological polar surface area (TPSA) is 185 Å². The largest absolute Gasteiger partial charge is 0.507 e. The van der Waals surface area contributed by atoms with E-state index in [-0.39, 0.29) is 27.8 Å². The molecule has 0 radical (unpaired) electrons. The number of benzene rings is 1. The quantitative estimate of drug-likeness (QED) is 0.314. The summed E-state index contributed by atoms with van der Waals surface area (Å²) in [4.78, 5) is 52.8. The minimum absolute atomic E-state index is 0.0709. The van der Waals surface area contributed by atoms with E-state index in [1.54, 1.807) is 0 Å². The molecule has 0 bridgehead atoms. The van der Waals surface area contributed by atoms with E-state index in [9.17, 15) is 39.9 Å². The Morgan fingerprint density at radius 1 is 1.00 bits per heavy atom. The summed E-state index contributed by atoms with van der Waals surface area (Å²) in [5.41, 5.74) is -4.06. The number of rotatable bonds is 3. The van der Waals surface area contributed by atoms with E-state index in [2.05, 4.69) is 4.98 Å². The molecule has 1 aromatic rings. The van der Waals surface area contributed by atoms with Crippen molar-refractivity contribution in [2.45, 2.75) is 51.6 Å². The lowest BCUT2D eigenvalue weighted by Gasteiger charge is -2.46. The number of nitrogens with zero attached hydrogens (tertiary/aromatic N) is 2. The Balaban J connectivity index is 2.11. The second-order valence-electron chi connectivity index (χ2n) is 8.65. The number of phenols is 1. The van der Waals surface area contributed by atoms with Gasteiger partial charge in [0.1, 0.15) is 23.2 Å². The molecule has 0 unspecified atom stereocenters. The molecule has 0 saturated carbocycles. The van der Waals surface area contributed by atoms with Gasteiger partial charge in [0.2, 0.25) is 11.2 Å². The molecule has 4 atom stereocenters. The van der Waals surface area contributed by atoms with Crippen molar-refractivity contribution in [2.24, 2.45) is 0 Å². The van der Waals surface area contributed by atoms with Gasteiger partial charge in [0.05, 0.1) is 11.1 Å². The Morgan fingerprint density at radius 2 is 1.64 bits per heavy atom. The zero-order chi connectivity index (χ0) is 26.7. The van der Waals surface area contributed by atoms with Crippen LogP contribution in [0, 0.1) is 5.39 Å². The first-order valence-electron chi connectivity index (χ1n) is 10.7. The maximum absolute atomic E-state index is 13.5. The number of allylic oxidation sites excluding steroid dienone is 1. The van der Waals surface area contributed by atoms with Crippen molar-refractivity contribution in [3.05, 3.63) is 62.3 Å².